The van der Waals surface area contributed by atoms with Crippen molar-refractivity contribution in [1.82, 2.24) is 5.32 Å². The molecule has 1 heterocycles. The van der Waals surface area contributed by atoms with Crippen molar-refractivity contribution in [1.29, 1.82) is 0 Å². The molecule has 1 saturated heterocycles. The molecule has 1 aliphatic carbocycles. The van der Waals surface area contributed by atoms with Crippen LogP contribution >= 0.6 is 0 Å². The molecule has 0 aromatic rings. The minimum absolute atomic E-state index is 0.725. The Morgan fingerprint density at radius 3 is 2.83 bits per heavy atom. The molecule has 1 unspecified atom stereocenters. The van der Waals surface area contributed by atoms with E-state index in [4.69, 9.17) is 0 Å². The van der Waals surface area contributed by atoms with Crippen LogP contribution in [-0.4, -0.2) is 18.8 Å². The van der Waals surface area contributed by atoms with Crippen molar-refractivity contribution in [2.75, 3.05) is 13.1 Å². The average molecular weight is 171 g/mol. The molecule has 0 aromatic carbocycles. The molecule has 0 aromatic heterocycles. The highest BCUT2D eigenvalue weighted by Crippen LogP contribution is 2.44. The van der Waals surface area contributed by atoms with Crippen molar-refractivity contribution >= 4 is 0 Å². The monoisotopic (exact) mass is 171 g/mol. The van der Waals surface area contributed by atoms with Crippen molar-refractivity contribution in [3.8, 4) is 0 Å². The number of nitrogens with one attached hydrogen (secondary N) is 1. The molecule has 0 bridgehead atoms. The highest BCUT2D eigenvalue weighted by Gasteiger charge is 2.42. The van der Waals surface area contributed by atoms with E-state index >= 15 is 0 Å². The third-order valence-corrected chi connectivity index (χ3v) is 3.19. The van der Waals surface area contributed by atoms with Crippen molar-refractivity contribution in [3.05, 3.63) is 0 Å². The van der Waals surface area contributed by atoms with Gasteiger partial charge >= 0.3 is 0 Å². The maximum Gasteiger partial charge on any atom is 0.111 e. The van der Waals surface area contributed by atoms with Crippen LogP contribution < -0.4 is 5.32 Å². The Morgan fingerprint density at radius 1 is 1.42 bits per heavy atom. The molecule has 1 N–H and O–H groups in total. The molecule has 0 amide bonds. The summed E-state index contributed by atoms with van der Waals surface area (Å²) in [6, 6.07) is 0. The van der Waals surface area contributed by atoms with Crippen molar-refractivity contribution < 1.29 is 4.39 Å². The van der Waals surface area contributed by atoms with E-state index in [0.29, 0.717) is 0 Å². The van der Waals surface area contributed by atoms with Crippen LogP contribution in [0.15, 0.2) is 0 Å². The number of alkyl halides is 1. The smallest absolute Gasteiger partial charge is 0.111 e. The van der Waals surface area contributed by atoms with Gasteiger partial charge in [0, 0.05) is 0 Å². The van der Waals surface area contributed by atoms with E-state index in [9.17, 15) is 4.39 Å². The Hall–Kier alpha value is -0.110. The third-order valence-electron chi connectivity index (χ3n) is 3.19. The summed E-state index contributed by atoms with van der Waals surface area (Å²) in [5.41, 5.74) is -0.725. The van der Waals surface area contributed by atoms with Gasteiger partial charge < -0.3 is 5.32 Å². The van der Waals surface area contributed by atoms with Gasteiger partial charge in [0.25, 0.3) is 0 Å². The van der Waals surface area contributed by atoms with E-state index in [1.54, 1.807) is 0 Å². The molecule has 12 heavy (non-hydrogen) atoms. The van der Waals surface area contributed by atoms with Gasteiger partial charge in [-0.15, -0.1) is 0 Å². The molecule has 1 atom stereocenters. The molecule has 0 radical (unpaired) electrons. The van der Waals surface area contributed by atoms with Crippen molar-refractivity contribution in [3.63, 3.8) is 0 Å². The van der Waals surface area contributed by atoms with Crippen LogP contribution in [-0.2, 0) is 0 Å². The Morgan fingerprint density at radius 2 is 2.25 bits per heavy atom. The standard InChI is InChI=1S/C10H18FN/c11-10(5-6-10)4-3-9-2-1-7-12-8-9/h9,12H,1-8H2. The fourth-order valence-corrected chi connectivity index (χ4v) is 2.02. The quantitative estimate of drug-likeness (QED) is 0.687. The summed E-state index contributed by atoms with van der Waals surface area (Å²) >= 11 is 0. The number of hydrogen-bond donors (Lipinski definition) is 1. The minimum atomic E-state index is -0.725. The van der Waals surface area contributed by atoms with E-state index in [2.05, 4.69) is 5.32 Å². The van der Waals surface area contributed by atoms with Crippen LogP contribution in [0, 0.1) is 5.92 Å². The molecule has 1 saturated carbocycles. The zero-order chi connectivity index (χ0) is 8.44. The van der Waals surface area contributed by atoms with Crippen molar-refractivity contribution in [2.45, 2.75) is 44.2 Å². The normalized spacial score (nSPS) is 33.2. The van der Waals surface area contributed by atoms with Gasteiger partial charge in [-0.2, -0.15) is 0 Å². The summed E-state index contributed by atoms with van der Waals surface area (Å²) in [6.45, 7) is 2.29. The first-order chi connectivity index (χ1) is 5.79. The van der Waals surface area contributed by atoms with Gasteiger partial charge in [-0.25, -0.2) is 4.39 Å². The largest absolute Gasteiger partial charge is 0.316 e. The molecule has 1 nitrogen and oxygen atoms in total. The maximum atomic E-state index is 13.2. The lowest BCUT2D eigenvalue weighted by molar-refractivity contribution is 0.248. The summed E-state index contributed by atoms with van der Waals surface area (Å²) in [5.74, 6) is 0.756. The fourth-order valence-electron chi connectivity index (χ4n) is 2.02. The van der Waals surface area contributed by atoms with E-state index < -0.39 is 5.67 Å². The van der Waals surface area contributed by atoms with Gasteiger partial charge in [-0.3, -0.25) is 0 Å². The fraction of sp³-hybridized carbons (Fsp3) is 1.00. The Labute approximate surface area is 73.7 Å². The maximum absolute atomic E-state index is 13.2. The zero-order valence-corrected chi connectivity index (χ0v) is 7.61. The summed E-state index contributed by atoms with van der Waals surface area (Å²) in [5, 5.41) is 3.37. The van der Waals surface area contributed by atoms with Gasteiger partial charge in [0.2, 0.25) is 0 Å². The second-order valence-corrected chi connectivity index (χ2v) is 4.40. The molecule has 2 heteroatoms. The Bertz CT molecular complexity index is 148. The lowest BCUT2D eigenvalue weighted by Gasteiger charge is -2.23. The van der Waals surface area contributed by atoms with Gasteiger partial charge in [-0.05, 0) is 57.5 Å². The Balaban J connectivity index is 1.65. The minimum Gasteiger partial charge on any atom is -0.316 e. The third kappa shape index (κ3) is 2.19. The van der Waals surface area contributed by atoms with Gasteiger partial charge in [0.1, 0.15) is 5.67 Å². The number of hydrogen-bond acceptors (Lipinski definition) is 1. The summed E-state index contributed by atoms with van der Waals surface area (Å²) in [4.78, 5) is 0. The van der Waals surface area contributed by atoms with Gasteiger partial charge in [0.15, 0.2) is 0 Å². The molecular formula is C10H18FN. The number of piperidine rings is 1. The topological polar surface area (TPSA) is 12.0 Å². The molecule has 2 rings (SSSR count). The van der Waals surface area contributed by atoms with Crippen LogP contribution in [0.25, 0.3) is 0 Å². The first-order valence-corrected chi connectivity index (χ1v) is 5.18. The zero-order valence-electron chi connectivity index (χ0n) is 7.61. The van der Waals surface area contributed by atoms with Crippen LogP contribution in [0.4, 0.5) is 4.39 Å². The molecule has 0 spiro atoms. The van der Waals surface area contributed by atoms with E-state index in [1.807, 2.05) is 0 Å². The van der Waals surface area contributed by atoms with Crippen LogP contribution in [0.1, 0.15) is 38.5 Å². The van der Waals surface area contributed by atoms with Crippen LogP contribution in [0.3, 0.4) is 0 Å². The highest BCUT2D eigenvalue weighted by atomic mass is 19.1. The van der Waals surface area contributed by atoms with Gasteiger partial charge in [0.05, 0.1) is 0 Å². The predicted octanol–water partition coefficient (Wildman–Crippen LogP) is 2.27. The van der Waals surface area contributed by atoms with Crippen molar-refractivity contribution in [2.24, 2.45) is 5.92 Å². The molecule has 70 valence electrons. The summed E-state index contributed by atoms with van der Waals surface area (Å²) in [6.07, 6.45) is 6.16. The summed E-state index contributed by atoms with van der Waals surface area (Å²) < 4.78 is 13.2. The highest BCUT2D eigenvalue weighted by molar-refractivity contribution is 4.94. The van der Waals surface area contributed by atoms with Crippen LogP contribution in [0.2, 0.25) is 0 Å². The molecule has 1 aliphatic heterocycles. The van der Waals surface area contributed by atoms with Crippen LogP contribution in [0.5, 0.6) is 0 Å². The first kappa shape index (κ1) is 8.49. The SMILES string of the molecule is FC1(CCC2CCCNC2)CC1. The second-order valence-electron chi connectivity index (χ2n) is 4.40. The molecule has 2 aliphatic rings. The average Bonchev–Trinajstić information content (AvgIpc) is 2.84. The lowest BCUT2D eigenvalue weighted by atomic mass is 9.93. The van der Waals surface area contributed by atoms with E-state index in [0.717, 1.165) is 44.7 Å². The molecule has 2 fully saturated rings. The first-order valence-electron chi connectivity index (χ1n) is 5.18. The second kappa shape index (κ2) is 3.33. The predicted molar refractivity (Wildman–Crippen MR) is 47.9 cm³/mol. The number of rotatable bonds is 3. The number of halogens is 1. The molecular weight excluding hydrogens is 153 g/mol. The van der Waals surface area contributed by atoms with Gasteiger partial charge in [-0.1, -0.05) is 0 Å². The summed E-state index contributed by atoms with van der Waals surface area (Å²) in [7, 11) is 0. The Kier molecular flexibility index (Phi) is 2.35. The lowest BCUT2D eigenvalue weighted by Crippen LogP contribution is -2.30. The van der Waals surface area contributed by atoms with E-state index in [-0.39, 0.29) is 0 Å². The van der Waals surface area contributed by atoms with E-state index in [1.165, 1.54) is 12.8 Å².